The molecule has 0 aliphatic heterocycles. The lowest BCUT2D eigenvalue weighted by atomic mass is 10.2. The molecule has 0 unspecified atom stereocenters. The fraction of sp³-hybridized carbons (Fsp3) is 0.308. The van der Waals surface area contributed by atoms with Crippen LogP contribution in [0.3, 0.4) is 0 Å². The van der Waals surface area contributed by atoms with E-state index >= 15 is 0 Å². The van der Waals surface area contributed by atoms with Crippen molar-refractivity contribution in [1.82, 2.24) is 9.78 Å². The van der Waals surface area contributed by atoms with E-state index in [1.165, 1.54) is 10.7 Å². The smallest absolute Gasteiger partial charge is 0.399 e. The molecule has 0 atom stereocenters. The molecule has 1 aromatic carbocycles. The molecule has 106 valence electrons. The number of hydrogen-bond donors (Lipinski definition) is 1. The van der Waals surface area contributed by atoms with Crippen LogP contribution in [0.2, 0.25) is 5.02 Å². The summed E-state index contributed by atoms with van der Waals surface area (Å²) in [6.07, 6.45) is -2.72. The average molecular weight is 302 g/mol. The van der Waals surface area contributed by atoms with E-state index in [9.17, 15) is 13.2 Å². The van der Waals surface area contributed by atoms with Gasteiger partial charge in [-0.15, -0.1) is 0 Å². The van der Waals surface area contributed by atoms with E-state index in [-0.39, 0.29) is 10.9 Å². The maximum atomic E-state index is 12.8. The van der Waals surface area contributed by atoms with Gasteiger partial charge < -0.3 is 5.73 Å². The molecule has 0 spiro atoms. The molecule has 1 saturated carbocycles. The largest absolute Gasteiger partial charge is 0.435 e. The van der Waals surface area contributed by atoms with Gasteiger partial charge in [0.1, 0.15) is 0 Å². The van der Waals surface area contributed by atoms with Gasteiger partial charge in [0.15, 0.2) is 5.69 Å². The number of halogens is 4. The minimum absolute atomic E-state index is 0.118. The summed E-state index contributed by atoms with van der Waals surface area (Å²) < 4.78 is 39.7. The van der Waals surface area contributed by atoms with Gasteiger partial charge in [0.25, 0.3) is 0 Å². The van der Waals surface area contributed by atoms with Crippen LogP contribution >= 0.6 is 11.6 Å². The van der Waals surface area contributed by atoms with Crippen molar-refractivity contribution in [3.8, 4) is 5.69 Å². The number of anilines is 1. The Hall–Kier alpha value is -1.69. The Bertz CT molecular complexity index is 659. The van der Waals surface area contributed by atoms with Crippen LogP contribution in [0.1, 0.15) is 30.1 Å². The van der Waals surface area contributed by atoms with Crippen LogP contribution < -0.4 is 5.73 Å². The highest BCUT2D eigenvalue weighted by Crippen LogP contribution is 2.43. The number of nitrogen functional groups attached to an aromatic ring is 1. The second kappa shape index (κ2) is 4.41. The quantitative estimate of drug-likeness (QED) is 0.852. The van der Waals surface area contributed by atoms with Gasteiger partial charge >= 0.3 is 6.18 Å². The topological polar surface area (TPSA) is 43.8 Å². The van der Waals surface area contributed by atoms with Gasteiger partial charge in [-0.3, -0.25) is 0 Å². The summed E-state index contributed by atoms with van der Waals surface area (Å²) >= 11 is 6.06. The standard InChI is InChI=1S/C13H11ClF3N3/c14-9-5-8(18)3-4-10(9)20-11(7-1-2-7)6-12(19-20)13(15,16)17/h3-7H,1-2,18H2. The molecule has 20 heavy (non-hydrogen) atoms. The minimum Gasteiger partial charge on any atom is -0.399 e. The molecular formula is C13H11ClF3N3. The molecule has 3 nitrogen and oxygen atoms in total. The summed E-state index contributed by atoms with van der Waals surface area (Å²) in [4.78, 5) is 0. The molecule has 0 radical (unpaired) electrons. The minimum atomic E-state index is -4.46. The van der Waals surface area contributed by atoms with Crippen molar-refractivity contribution in [2.45, 2.75) is 24.9 Å². The van der Waals surface area contributed by atoms with Crippen LogP contribution in [0, 0.1) is 0 Å². The molecule has 1 aliphatic carbocycles. The molecule has 1 aliphatic rings. The number of hydrogen-bond acceptors (Lipinski definition) is 2. The van der Waals surface area contributed by atoms with E-state index in [4.69, 9.17) is 17.3 Å². The summed E-state index contributed by atoms with van der Waals surface area (Å²) in [5.74, 6) is 0.118. The van der Waals surface area contributed by atoms with E-state index in [1.54, 1.807) is 12.1 Å². The van der Waals surface area contributed by atoms with Crippen LogP contribution in [-0.4, -0.2) is 9.78 Å². The van der Waals surface area contributed by atoms with E-state index in [0.717, 1.165) is 18.9 Å². The first kappa shape index (κ1) is 13.3. The van der Waals surface area contributed by atoms with Gasteiger partial charge in [-0.2, -0.15) is 18.3 Å². The van der Waals surface area contributed by atoms with Crippen LogP contribution in [-0.2, 0) is 6.18 Å². The highest BCUT2D eigenvalue weighted by atomic mass is 35.5. The molecule has 3 rings (SSSR count). The summed E-state index contributed by atoms with van der Waals surface area (Å²) in [7, 11) is 0. The predicted molar refractivity (Wildman–Crippen MR) is 70.0 cm³/mol. The number of aromatic nitrogens is 2. The Labute approximate surface area is 118 Å². The second-order valence-corrected chi connectivity index (χ2v) is 5.26. The molecule has 2 N–H and O–H groups in total. The van der Waals surface area contributed by atoms with Gasteiger partial charge in [0.2, 0.25) is 0 Å². The monoisotopic (exact) mass is 301 g/mol. The average Bonchev–Trinajstić information content (AvgIpc) is 3.08. The molecule has 2 aromatic rings. The molecular weight excluding hydrogens is 291 g/mol. The Morgan fingerprint density at radius 1 is 1.25 bits per heavy atom. The predicted octanol–water partition coefficient (Wildman–Crippen LogP) is 4.00. The molecule has 0 amide bonds. The number of alkyl halides is 3. The van der Waals surface area contributed by atoms with Crippen LogP contribution in [0.5, 0.6) is 0 Å². The number of nitrogens with two attached hydrogens (primary N) is 1. The van der Waals surface area contributed by atoms with Crippen molar-refractivity contribution in [3.05, 3.63) is 40.7 Å². The van der Waals surface area contributed by atoms with E-state index in [1.807, 2.05) is 0 Å². The Morgan fingerprint density at radius 3 is 2.50 bits per heavy atom. The zero-order chi connectivity index (χ0) is 14.5. The first-order chi connectivity index (χ1) is 9.36. The highest BCUT2D eigenvalue weighted by Gasteiger charge is 2.38. The van der Waals surface area contributed by atoms with Crippen molar-refractivity contribution < 1.29 is 13.2 Å². The number of benzene rings is 1. The summed E-state index contributed by atoms with van der Waals surface area (Å²) in [5.41, 5.74) is 6.11. The van der Waals surface area contributed by atoms with E-state index < -0.39 is 11.9 Å². The summed E-state index contributed by atoms with van der Waals surface area (Å²) in [5, 5.41) is 3.95. The number of rotatable bonds is 2. The number of nitrogens with zero attached hydrogens (tertiary/aromatic N) is 2. The van der Waals surface area contributed by atoms with Crippen LogP contribution in [0.4, 0.5) is 18.9 Å². The van der Waals surface area contributed by atoms with Crippen molar-refractivity contribution in [3.63, 3.8) is 0 Å². The van der Waals surface area contributed by atoms with Crippen molar-refractivity contribution in [2.24, 2.45) is 0 Å². The Kier molecular flexibility index (Phi) is 2.93. The maximum absolute atomic E-state index is 12.8. The normalized spacial score (nSPS) is 15.6. The van der Waals surface area contributed by atoms with Gasteiger partial charge in [-0.25, -0.2) is 4.68 Å². The Morgan fingerprint density at radius 2 is 1.95 bits per heavy atom. The molecule has 0 saturated heterocycles. The van der Waals surface area contributed by atoms with E-state index in [2.05, 4.69) is 5.10 Å². The lowest BCUT2D eigenvalue weighted by molar-refractivity contribution is -0.141. The van der Waals surface area contributed by atoms with Gasteiger partial charge in [0.05, 0.1) is 10.7 Å². The van der Waals surface area contributed by atoms with Gasteiger partial charge in [-0.1, -0.05) is 11.6 Å². The second-order valence-electron chi connectivity index (χ2n) is 4.85. The van der Waals surface area contributed by atoms with Crippen LogP contribution in [0.25, 0.3) is 5.69 Å². The lowest BCUT2D eigenvalue weighted by Crippen LogP contribution is -2.08. The molecule has 1 aromatic heterocycles. The summed E-state index contributed by atoms with van der Waals surface area (Å²) in [6, 6.07) is 5.77. The fourth-order valence-electron chi connectivity index (χ4n) is 2.09. The first-order valence-electron chi connectivity index (χ1n) is 6.09. The Balaban J connectivity index is 2.14. The molecule has 1 fully saturated rings. The molecule has 7 heteroatoms. The van der Waals surface area contributed by atoms with Crippen molar-refractivity contribution in [1.29, 1.82) is 0 Å². The zero-order valence-electron chi connectivity index (χ0n) is 10.3. The highest BCUT2D eigenvalue weighted by molar-refractivity contribution is 6.32. The summed E-state index contributed by atoms with van der Waals surface area (Å²) in [6.45, 7) is 0. The van der Waals surface area contributed by atoms with Crippen LogP contribution in [0.15, 0.2) is 24.3 Å². The fourth-order valence-corrected chi connectivity index (χ4v) is 2.36. The zero-order valence-corrected chi connectivity index (χ0v) is 11.0. The van der Waals surface area contributed by atoms with Gasteiger partial charge in [-0.05, 0) is 37.1 Å². The SMILES string of the molecule is Nc1ccc(-n2nc(C(F)(F)F)cc2C2CC2)c(Cl)c1. The molecule has 1 heterocycles. The van der Waals surface area contributed by atoms with Crippen molar-refractivity contribution in [2.75, 3.05) is 5.73 Å². The van der Waals surface area contributed by atoms with Gasteiger partial charge in [0, 0.05) is 17.3 Å². The third-order valence-corrected chi connectivity index (χ3v) is 3.53. The third kappa shape index (κ3) is 2.35. The lowest BCUT2D eigenvalue weighted by Gasteiger charge is -2.09. The third-order valence-electron chi connectivity index (χ3n) is 3.22. The molecule has 0 bridgehead atoms. The van der Waals surface area contributed by atoms with Crippen molar-refractivity contribution >= 4 is 17.3 Å². The maximum Gasteiger partial charge on any atom is 0.435 e. The van der Waals surface area contributed by atoms with E-state index in [0.29, 0.717) is 17.1 Å². The first-order valence-corrected chi connectivity index (χ1v) is 6.46.